The first kappa shape index (κ1) is 11.6. The predicted octanol–water partition coefficient (Wildman–Crippen LogP) is 2.04. The Bertz CT molecular complexity index is 499. The van der Waals surface area contributed by atoms with Crippen LogP contribution in [-0.2, 0) is 22.5 Å². The molecule has 2 aliphatic carbocycles. The number of esters is 1. The van der Waals surface area contributed by atoms with Crippen LogP contribution in [0.4, 0.5) is 8.78 Å². The third-order valence-corrected chi connectivity index (χ3v) is 3.65. The molecular weight excluding hydrogens is 242 g/mol. The molecule has 0 aliphatic heterocycles. The summed E-state index contributed by atoms with van der Waals surface area (Å²) in [6, 6.07) is 0. The van der Waals surface area contributed by atoms with E-state index in [1.165, 1.54) is 0 Å². The fraction of sp³-hybridized carbons (Fsp3) is 0.667. The number of hydrogen-bond acceptors (Lipinski definition) is 3. The molecule has 2 aliphatic rings. The molecule has 0 amide bonds. The van der Waals surface area contributed by atoms with Crippen molar-refractivity contribution in [2.24, 2.45) is 5.92 Å². The third-order valence-electron chi connectivity index (χ3n) is 3.65. The van der Waals surface area contributed by atoms with Crippen LogP contribution in [-0.4, -0.2) is 22.4 Å². The molecule has 0 aromatic carbocycles. The van der Waals surface area contributed by atoms with Crippen LogP contribution in [0.15, 0.2) is 0 Å². The summed E-state index contributed by atoms with van der Waals surface area (Å²) in [6.45, 7) is 1.70. The molecule has 3 rings (SSSR count). The molecule has 0 radical (unpaired) electrons. The topological polar surface area (TPSA) is 44.1 Å². The van der Waals surface area contributed by atoms with E-state index in [-0.39, 0.29) is 24.8 Å². The van der Waals surface area contributed by atoms with Crippen LogP contribution < -0.4 is 0 Å². The highest BCUT2D eigenvalue weighted by atomic mass is 19.3. The molecule has 1 fully saturated rings. The average Bonchev–Trinajstić information content (AvgIpc) is 2.80. The molecule has 1 aromatic rings. The summed E-state index contributed by atoms with van der Waals surface area (Å²) in [5, 5.41) is 4.15. The second-order valence-corrected chi connectivity index (χ2v) is 4.82. The van der Waals surface area contributed by atoms with Gasteiger partial charge in [-0.15, -0.1) is 0 Å². The number of carbonyl (C=O) groups is 1. The van der Waals surface area contributed by atoms with Crippen LogP contribution in [0, 0.1) is 5.92 Å². The maximum Gasteiger partial charge on any atom is 0.327 e. The van der Waals surface area contributed by atoms with E-state index < -0.39 is 12.4 Å². The number of aromatic nitrogens is 2. The maximum absolute atomic E-state index is 13.1. The largest absolute Gasteiger partial charge is 0.465 e. The highest BCUT2D eigenvalue weighted by Crippen LogP contribution is 2.58. The number of carbonyl (C=O) groups excluding carboxylic acids is 1. The zero-order valence-electron chi connectivity index (χ0n) is 10.0. The molecule has 0 bridgehead atoms. The van der Waals surface area contributed by atoms with Gasteiger partial charge in [0.2, 0.25) is 0 Å². The second kappa shape index (κ2) is 4.03. The fourth-order valence-corrected chi connectivity index (χ4v) is 2.85. The van der Waals surface area contributed by atoms with Crippen LogP contribution >= 0.6 is 0 Å². The minimum absolute atomic E-state index is 0.0805. The monoisotopic (exact) mass is 256 g/mol. The van der Waals surface area contributed by atoms with Gasteiger partial charge in [0.15, 0.2) is 0 Å². The molecular formula is C12H14F2N2O2. The van der Waals surface area contributed by atoms with Crippen LogP contribution in [0.3, 0.4) is 0 Å². The van der Waals surface area contributed by atoms with E-state index in [1.54, 1.807) is 6.92 Å². The summed E-state index contributed by atoms with van der Waals surface area (Å²) in [4.78, 5) is 11.4. The van der Waals surface area contributed by atoms with Crippen molar-refractivity contribution in [2.75, 3.05) is 6.61 Å². The smallest absolute Gasteiger partial charge is 0.327 e. The van der Waals surface area contributed by atoms with E-state index >= 15 is 0 Å². The van der Waals surface area contributed by atoms with Gasteiger partial charge in [-0.3, -0.25) is 9.48 Å². The Balaban J connectivity index is 1.90. The van der Waals surface area contributed by atoms with Gasteiger partial charge < -0.3 is 4.74 Å². The minimum atomic E-state index is -2.59. The van der Waals surface area contributed by atoms with Crippen molar-refractivity contribution in [3.8, 4) is 0 Å². The van der Waals surface area contributed by atoms with E-state index in [9.17, 15) is 13.6 Å². The molecule has 0 N–H and O–H groups in total. The molecule has 1 heterocycles. The minimum Gasteiger partial charge on any atom is -0.465 e. The lowest BCUT2D eigenvalue weighted by Gasteiger charge is -2.08. The Hall–Kier alpha value is -1.46. The Kier molecular flexibility index (Phi) is 2.60. The van der Waals surface area contributed by atoms with Crippen LogP contribution in [0.1, 0.15) is 42.6 Å². The first-order chi connectivity index (χ1) is 8.61. The van der Waals surface area contributed by atoms with Crippen LogP contribution in [0.2, 0.25) is 0 Å². The SMILES string of the molecule is CCOC(=O)Cn1nc2c(c1C(F)F)C1CC1C2. The quantitative estimate of drug-likeness (QED) is 0.774. The highest BCUT2D eigenvalue weighted by Gasteiger charge is 2.50. The van der Waals surface area contributed by atoms with E-state index in [2.05, 4.69) is 5.10 Å². The molecule has 1 aromatic heterocycles. The van der Waals surface area contributed by atoms with Crippen molar-refractivity contribution in [2.45, 2.75) is 38.7 Å². The summed E-state index contributed by atoms with van der Waals surface area (Å²) in [5.41, 5.74) is 1.36. The van der Waals surface area contributed by atoms with Crippen molar-refractivity contribution in [3.05, 3.63) is 17.0 Å². The van der Waals surface area contributed by atoms with Crippen molar-refractivity contribution >= 4 is 5.97 Å². The zero-order valence-corrected chi connectivity index (χ0v) is 10.0. The van der Waals surface area contributed by atoms with Gasteiger partial charge >= 0.3 is 5.97 Å². The van der Waals surface area contributed by atoms with Gasteiger partial charge in [-0.25, -0.2) is 8.78 Å². The molecule has 6 heteroatoms. The van der Waals surface area contributed by atoms with E-state index in [1.807, 2.05) is 0 Å². The number of ether oxygens (including phenoxy) is 1. The van der Waals surface area contributed by atoms with Gasteiger partial charge in [-0.05, 0) is 31.6 Å². The molecule has 2 unspecified atom stereocenters. The molecule has 98 valence electrons. The lowest BCUT2D eigenvalue weighted by atomic mass is 10.1. The number of nitrogens with zero attached hydrogens (tertiary/aromatic N) is 2. The van der Waals surface area contributed by atoms with Gasteiger partial charge in [0.1, 0.15) is 12.2 Å². The van der Waals surface area contributed by atoms with Gasteiger partial charge in [0.05, 0.1) is 12.3 Å². The van der Waals surface area contributed by atoms with E-state index in [0.29, 0.717) is 11.5 Å². The standard InChI is InChI=1S/C12H14F2N2O2/c1-2-18-9(17)5-16-11(12(13)14)10-7-3-6(7)4-8(10)15-16/h6-7,12H,2-5H2,1H3. The van der Waals surface area contributed by atoms with Gasteiger partial charge in [0.25, 0.3) is 6.43 Å². The molecule has 1 saturated carbocycles. The normalized spacial score (nSPS) is 24.0. The van der Waals surface area contributed by atoms with Gasteiger partial charge in [-0.2, -0.15) is 5.10 Å². The first-order valence-corrected chi connectivity index (χ1v) is 6.15. The molecule has 2 atom stereocenters. The van der Waals surface area contributed by atoms with Gasteiger partial charge in [-0.1, -0.05) is 0 Å². The summed E-state index contributed by atoms with van der Waals surface area (Å²) >= 11 is 0. The fourth-order valence-electron chi connectivity index (χ4n) is 2.85. The number of rotatable bonds is 4. The number of fused-ring (bicyclic) bond motifs is 3. The second-order valence-electron chi connectivity index (χ2n) is 4.82. The molecule has 4 nitrogen and oxygen atoms in total. The molecule has 0 saturated heterocycles. The number of hydrogen-bond donors (Lipinski definition) is 0. The molecule has 0 spiro atoms. The van der Waals surface area contributed by atoms with E-state index in [4.69, 9.17) is 4.74 Å². The number of halogens is 2. The van der Waals surface area contributed by atoms with Crippen LogP contribution in [0.5, 0.6) is 0 Å². The predicted molar refractivity (Wildman–Crippen MR) is 58.4 cm³/mol. The lowest BCUT2D eigenvalue weighted by Crippen LogP contribution is -2.17. The maximum atomic E-state index is 13.1. The first-order valence-electron chi connectivity index (χ1n) is 6.15. The number of alkyl halides is 2. The lowest BCUT2D eigenvalue weighted by molar-refractivity contribution is -0.144. The summed E-state index contributed by atoms with van der Waals surface area (Å²) in [7, 11) is 0. The van der Waals surface area contributed by atoms with Crippen molar-refractivity contribution in [1.82, 2.24) is 9.78 Å². The summed E-state index contributed by atoms with van der Waals surface area (Å²) in [6.07, 6.45) is -0.831. The third kappa shape index (κ3) is 1.71. The van der Waals surface area contributed by atoms with Crippen molar-refractivity contribution < 1.29 is 18.3 Å². The Morgan fingerprint density at radius 3 is 3.06 bits per heavy atom. The summed E-state index contributed by atoms with van der Waals surface area (Å²) in [5.74, 6) is 0.241. The average molecular weight is 256 g/mol. The van der Waals surface area contributed by atoms with Gasteiger partial charge in [0, 0.05) is 5.56 Å². The Morgan fingerprint density at radius 1 is 1.61 bits per heavy atom. The van der Waals surface area contributed by atoms with Crippen molar-refractivity contribution in [3.63, 3.8) is 0 Å². The Labute approximate surface area is 103 Å². The zero-order chi connectivity index (χ0) is 12.9. The summed E-state index contributed by atoms with van der Waals surface area (Å²) < 4.78 is 32.2. The molecule has 18 heavy (non-hydrogen) atoms. The highest BCUT2D eigenvalue weighted by molar-refractivity contribution is 5.69. The van der Waals surface area contributed by atoms with Crippen LogP contribution in [0.25, 0.3) is 0 Å². The van der Waals surface area contributed by atoms with Crippen molar-refractivity contribution in [1.29, 1.82) is 0 Å². The Morgan fingerprint density at radius 2 is 2.39 bits per heavy atom. The van der Waals surface area contributed by atoms with E-state index in [0.717, 1.165) is 23.2 Å².